The predicted molar refractivity (Wildman–Crippen MR) is 54.5 cm³/mol. The lowest BCUT2D eigenvalue weighted by atomic mass is 10.2. The van der Waals surface area contributed by atoms with Crippen LogP contribution in [-0.4, -0.2) is 16.9 Å². The summed E-state index contributed by atoms with van der Waals surface area (Å²) in [5, 5.41) is 11.0. The molecule has 0 saturated heterocycles. The molecule has 1 heterocycles. The average molecular weight is 254 g/mol. The number of nitrogens with zero attached hydrogens (tertiary/aromatic N) is 2. The van der Waals surface area contributed by atoms with Crippen LogP contribution in [0.2, 0.25) is 0 Å². The number of carbonyl (C=O) groups excluding carboxylic acids is 1. The zero-order chi connectivity index (χ0) is 10.6. The Labute approximate surface area is 90.1 Å². The summed E-state index contributed by atoms with van der Waals surface area (Å²) in [6.45, 7) is 1.61. The van der Waals surface area contributed by atoms with E-state index in [1.807, 2.05) is 6.07 Å². The molecule has 1 atom stereocenters. The van der Waals surface area contributed by atoms with E-state index in [0.717, 1.165) is 4.47 Å². The monoisotopic (exact) mass is 253 g/mol. The molecule has 0 spiro atoms. The number of pyridine rings is 1. The molecule has 5 heteroatoms. The van der Waals surface area contributed by atoms with E-state index in [9.17, 15) is 4.79 Å². The normalized spacial score (nSPS) is 11.5. The Kier molecular flexibility index (Phi) is 3.60. The Morgan fingerprint density at radius 2 is 2.43 bits per heavy atom. The van der Waals surface area contributed by atoms with Crippen molar-refractivity contribution in [2.24, 2.45) is 0 Å². The number of nitrogens with one attached hydrogen (secondary N) is 1. The minimum atomic E-state index is -0.499. The van der Waals surface area contributed by atoms with E-state index in [2.05, 4.69) is 26.2 Å². The number of rotatable bonds is 2. The standard InChI is InChI=1S/C9H8BrN3O/c1-6(3-11)13-9(14)7-2-8(10)5-12-4-7/h2,4-6H,1H3,(H,13,14). The van der Waals surface area contributed by atoms with E-state index in [0.29, 0.717) is 5.56 Å². The van der Waals surface area contributed by atoms with Gasteiger partial charge in [-0.25, -0.2) is 0 Å². The first-order chi connectivity index (χ1) is 6.63. The Morgan fingerprint density at radius 1 is 1.71 bits per heavy atom. The van der Waals surface area contributed by atoms with Gasteiger partial charge in [-0.3, -0.25) is 9.78 Å². The van der Waals surface area contributed by atoms with Gasteiger partial charge in [-0.2, -0.15) is 5.26 Å². The van der Waals surface area contributed by atoms with Crippen LogP contribution in [0.5, 0.6) is 0 Å². The molecule has 0 aliphatic rings. The van der Waals surface area contributed by atoms with E-state index < -0.39 is 6.04 Å². The summed E-state index contributed by atoms with van der Waals surface area (Å²) in [4.78, 5) is 15.3. The molecule has 0 fully saturated rings. The third kappa shape index (κ3) is 2.82. The summed E-state index contributed by atoms with van der Waals surface area (Å²) in [5.74, 6) is -0.298. The molecule has 1 aromatic heterocycles. The molecule has 14 heavy (non-hydrogen) atoms. The second-order valence-corrected chi connectivity index (χ2v) is 3.63. The van der Waals surface area contributed by atoms with Gasteiger partial charge in [0.25, 0.3) is 5.91 Å². The summed E-state index contributed by atoms with van der Waals surface area (Å²) in [7, 11) is 0. The SMILES string of the molecule is CC(C#N)NC(=O)c1cncc(Br)c1. The molecule has 0 aliphatic heterocycles. The average Bonchev–Trinajstić information content (AvgIpc) is 2.17. The van der Waals surface area contributed by atoms with Crippen LogP contribution in [0.15, 0.2) is 22.9 Å². The van der Waals surface area contributed by atoms with E-state index in [4.69, 9.17) is 5.26 Å². The first-order valence-corrected chi connectivity index (χ1v) is 4.74. The molecule has 4 nitrogen and oxygen atoms in total. The molecule has 72 valence electrons. The van der Waals surface area contributed by atoms with Crippen LogP contribution >= 0.6 is 15.9 Å². The van der Waals surface area contributed by atoms with Crippen molar-refractivity contribution in [2.75, 3.05) is 0 Å². The highest BCUT2D eigenvalue weighted by Crippen LogP contribution is 2.09. The quantitative estimate of drug-likeness (QED) is 0.869. The van der Waals surface area contributed by atoms with Crippen molar-refractivity contribution < 1.29 is 4.79 Å². The molecule has 0 bridgehead atoms. The molecule has 1 aromatic rings. The zero-order valence-electron chi connectivity index (χ0n) is 7.49. The second-order valence-electron chi connectivity index (χ2n) is 2.72. The first-order valence-electron chi connectivity index (χ1n) is 3.94. The first kappa shape index (κ1) is 10.7. The van der Waals surface area contributed by atoms with Gasteiger partial charge in [-0.15, -0.1) is 0 Å². The van der Waals surface area contributed by atoms with Crippen LogP contribution in [0.4, 0.5) is 0 Å². The van der Waals surface area contributed by atoms with Crippen molar-refractivity contribution in [2.45, 2.75) is 13.0 Å². The Bertz CT molecular complexity index is 386. The van der Waals surface area contributed by atoms with Crippen molar-refractivity contribution >= 4 is 21.8 Å². The van der Waals surface area contributed by atoms with Gasteiger partial charge in [0.05, 0.1) is 11.6 Å². The summed E-state index contributed by atoms with van der Waals surface area (Å²) in [6, 6.07) is 3.06. The fourth-order valence-corrected chi connectivity index (χ4v) is 1.21. The molecular weight excluding hydrogens is 246 g/mol. The molecular formula is C9H8BrN3O. The van der Waals surface area contributed by atoms with E-state index in [-0.39, 0.29) is 5.91 Å². The summed E-state index contributed by atoms with van der Waals surface area (Å²) in [5.41, 5.74) is 0.432. The number of amides is 1. The number of nitriles is 1. The smallest absolute Gasteiger partial charge is 0.253 e. The van der Waals surface area contributed by atoms with Crippen molar-refractivity contribution in [3.05, 3.63) is 28.5 Å². The minimum absolute atomic E-state index is 0.298. The maximum atomic E-state index is 11.4. The highest BCUT2D eigenvalue weighted by Gasteiger charge is 2.08. The lowest BCUT2D eigenvalue weighted by Crippen LogP contribution is -2.31. The summed E-state index contributed by atoms with van der Waals surface area (Å²) >= 11 is 3.21. The van der Waals surface area contributed by atoms with Crippen molar-refractivity contribution in [1.29, 1.82) is 5.26 Å². The Hall–Kier alpha value is -1.41. The fraction of sp³-hybridized carbons (Fsp3) is 0.222. The molecule has 1 rings (SSSR count). The van der Waals surface area contributed by atoms with Crippen LogP contribution in [-0.2, 0) is 0 Å². The van der Waals surface area contributed by atoms with Crippen molar-refractivity contribution in [3.63, 3.8) is 0 Å². The topological polar surface area (TPSA) is 65.8 Å². The van der Waals surface area contributed by atoms with Gasteiger partial charge in [0.1, 0.15) is 6.04 Å². The van der Waals surface area contributed by atoms with Gasteiger partial charge >= 0.3 is 0 Å². The number of aromatic nitrogens is 1. The van der Waals surface area contributed by atoms with Gasteiger partial charge < -0.3 is 5.32 Å². The lowest BCUT2D eigenvalue weighted by Gasteiger charge is -2.05. The maximum absolute atomic E-state index is 11.4. The Balaban J connectivity index is 2.76. The van der Waals surface area contributed by atoms with Gasteiger partial charge in [-0.1, -0.05) is 0 Å². The predicted octanol–water partition coefficient (Wildman–Crippen LogP) is 1.49. The van der Waals surface area contributed by atoms with Gasteiger partial charge in [0.15, 0.2) is 0 Å². The molecule has 0 aliphatic carbocycles. The van der Waals surface area contributed by atoms with Crippen LogP contribution in [0.3, 0.4) is 0 Å². The molecule has 0 radical (unpaired) electrons. The van der Waals surface area contributed by atoms with Crippen LogP contribution < -0.4 is 5.32 Å². The molecule has 1 amide bonds. The fourth-order valence-electron chi connectivity index (χ4n) is 0.848. The third-order valence-electron chi connectivity index (χ3n) is 1.51. The maximum Gasteiger partial charge on any atom is 0.253 e. The highest BCUT2D eigenvalue weighted by atomic mass is 79.9. The van der Waals surface area contributed by atoms with Crippen molar-refractivity contribution in [1.82, 2.24) is 10.3 Å². The molecule has 0 aromatic carbocycles. The van der Waals surface area contributed by atoms with Crippen LogP contribution in [0.1, 0.15) is 17.3 Å². The molecule has 0 saturated carbocycles. The molecule has 1 N–H and O–H groups in total. The van der Waals surface area contributed by atoms with Gasteiger partial charge in [-0.05, 0) is 28.9 Å². The zero-order valence-corrected chi connectivity index (χ0v) is 9.08. The number of hydrogen-bond donors (Lipinski definition) is 1. The van der Waals surface area contributed by atoms with E-state index >= 15 is 0 Å². The number of hydrogen-bond acceptors (Lipinski definition) is 3. The van der Waals surface area contributed by atoms with E-state index in [1.54, 1.807) is 19.2 Å². The third-order valence-corrected chi connectivity index (χ3v) is 1.94. The summed E-state index contributed by atoms with van der Waals surface area (Å²) in [6.07, 6.45) is 3.04. The van der Waals surface area contributed by atoms with Gasteiger partial charge in [0.2, 0.25) is 0 Å². The minimum Gasteiger partial charge on any atom is -0.336 e. The number of halogens is 1. The number of carbonyl (C=O) groups is 1. The largest absolute Gasteiger partial charge is 0.336 e. The van der Waals surface area contributed by atoms with Crippen LogP contribution in [0, 0.1) is 11.3 Å². The van der Waals surface area contributed by atoms with Gasteiger partial charge in [0, 0.05) is 16.9 Å². The lowest BCUT2D eigenvalue weighted by molar-refractivity contribution is 0.0947. The highest BCUT2D eigenvalue weighted by molar-refractivity contribution is 9.10. The second kappa shape index (κ2) is 4.72. The summed E-state index contributed by atoms with van der Waals surface area (Å²) < 4.78 is 0.731. The van der Waals surface area contributed by atoms with Crippen molar-refractivity contribution in [3.8, 4) is 6.07 Å². The Morgan fingerprint density at radius 3 is 3.00 bits per heavy atom. The van der Waals surface area contributed by atoms with E-state index in [1.165, 1.54) is 6.20 Å². The molecule has 1 unspecified atom stereocenters. The van der Waals surface area contributed by atoms with Crippen LogP contribution in [0.25, 0.3) is 0 Å².